The molecule has 4 aromatic heterocycles. The summed E-state index contributed by atoms with van der Waals surface area (Å²) in [4.78, 5) is 8.69. The Kier molecular flexibility index (Phi) is 3.24. The van der Waals surface area contributed by atoms with E-state index in [2.05, 4.69) is 32.6 Å². The molecule has 0 aliphatic carbocycles. The van der Waals surface area contributed by atoms with E-state index in [4.69, 9.17) is 4.74 Å². The van der Waals surface area contributed by atoms with E-state index in [0.717, 1.165) is 28.0 Å². The van der Waals surface area contributed by atoms with Crippen LogP contribution in [0, 0.1) is 0 Å². The van der Waals surface area contributed by atoms with E-state index < -0.39 is 0 Å². The summed E-state index contributed by atoms with van der Waals surface area (Å²) in [5, 5.41) is 3.09. The highest BCUT2D eigenvalue weighted by Crippen LogP contribution is 2.31. The van der Waals surface area contributed by atoms with Crippen molar-refractivity contribution in [2.24, 2.45) is 0 Å². The zero-order chi connectivity index (χ0) is 16.6. The molecular weight excluding hydrogens is 330 g/mol. The minimum atomic E-state index is 0.642. The molecule has 25 heavy (non-hydrogen) atoms. The van der Waals surface area contributed by atoms with E-state index in [1.54, 1.807) is 17.5 Å². The molecule has 1 aromatic carbocycles. The SMILES string of the molecule is c1cc(-c2ccc(Oc3nccc4sccc34)cc2)n2ccnc2c1. The van der Waals surface area contributed by atoms with Crippen LogP contribution in [0.25, 0.3) is 27.0 Å². The average Bonchev–Trinajstić information content (AvgIpc) is 3.32. The highest BCUT2D eigenvalue weighted by Gasteiger charge is 2.07. The molecule has 0 aliphatic heterocycles. The third kappa shape index (κ3) is 2.45. The lowest BCUT2D eigenvalue weighted by molar-refractivity contribution is 0.469. The minimum Gasteiger partial charge on any atom is -0.438 e. The first kappa shape index (κ1) is 14.2. The summed E-state index contributed by atoms with van der Waals surface area (Å²) in [6.07, 6.45) is 5.56. The molecule has 0 aliphatic rings. The van der Waals surface area contributed by atoms with Crippen LogP contribution in [-0.4, -0.2) is 14.4 Å². The number of benzene rings is 1. The van der Waals surface area contributed by atoms with Crippen LogP contribution >= 0.6 is 11.3 Å². The van der Waals surface area contributed by atoms with E-state index in [1.165, 1.54) is 4.70 Å². The van der Waals surface area contributed by atoms with Gasteiger partial charge < -0.3 is 4.74 Å². The fourth-order valence-corrected chi connectivity index (χ4v) is 3.71. The first-order valence-corrected chi connectivity index (χ1v) is 8.79. The molecular formula is C20H13N3OS. The van der Waals surface area contributed by atoms with Crippen LogP contribution in [0.3, 0.4) is 0 Å². The number of ether oxygens (including phenoxy) is 1. The van der Waals surface area contributed by atoms with E-state index in [9.17, 15) is 0 Å². The Morgan fingerprint density at radius 2 is 1.80 bits per heavy atom. The monoisotopic (exact) mass is 343 g/mol. The molecule has 120 valence electrons. The molecule has 5 aromatic rings. The fourth-order valence-electron chi connectivity index (χ4n) is 2.94. The van der Waals surface area contributed by atoms with Gasteiger partial charge in [-0.15, -0.1) is 11.3 Å². The first-order valence-electron chi connectivity index (χ1n) is 7.91. The third-order valence-corrected chi connectivity index (χ3v) is 5.02. The van der Waals surface area contributed by atoms with Gasteiger partial charge >= 0.3 is 0 Å². The zero-order valence-corrected chi connectivity index (χ0v) is 14.0. The Hall–Kier alpha value is -3.18. The number of hydrogen-bond donors (Lipinski definition) is 0. The summed E-state index contributed by atoms with van der Waals surface area (Å²) in [6, 6.07) is 18.2. The number of fused-ring (bicyclic) bond motifs is 2. The Labute approximate surface area is 148 Å². The topological polar surface area (TPSA) is 39.4 Å². The van der Waals surface area contributed by atoms with E-state index in [1.807, 2.05) is 54.2 Å². The van der Waals surface area contributed by atoms with Crippen LogP contribution < -0.4 is 4.74 Å². The molecule has 4 heterocycles. The quantitative estimate of drug-likeness (QED) is 0.440. The highest BCUT2D eigenvalue weighted by molar-refractivity contribution is 7.17. The lowest BCUT2D eigenvalue weighted by Gasteiger charge is -2.08. The van der Waals surface area contributed by atoms with Gasteiger partial charge in [0.1, 0.15) is 11.4 Å². The number of aromatic nitrogens is 3. The molecule has 0 atom stereocenters. The summed E-state index contributed by atoms with van der Waals surface area (Å²) < 4.78 is 9.24. The number of imidazole rings is 1. The van der Waals surface area contributed by atoms with Gasteiger partial charge in [0.15, 0.2) is 0 Å². The molecule has 0 saturated heterocycles. The van der Waals surface area contributed by atoms with Crippen LogP contribution in [0.15, 0.2) is 78.6 Å². The largest absolute Gasteiger partial charge is 0.438 e. The average molecular weight is 343 g/mol. The summed E-state index contributed by atoms with van der Waals surface area (Å²) in [5.74, 6) is 1.41. The van der Waals surface area contributed by atoms with Crippen LogP contribution in [0.5, 0.6) is 11.6 Å². The highest BCUT2D eigenvalue weighted by atomic mass is 32.1. The van der Waals surface area contributed by atoms with Gasteiger partial charge in [0.05, 0.1) is 11.1 Å². The fraction of sp³-hybridized carbons (Fsp3) is 0. The van der Waals surface area contributed by atoms with Crippen molar-refractivity contribution in [2.75, 3.05) is 0 Å². The Morgan fingerprint density at radius 3 is 2.72 bits per heavy atom. The van der Waals surface area contributed by atoms with Crippen LogP contribution in [0.1, 0.15) is 0 Å². The number of rotatable bonds is 3. The molecule has 0 fully saturated rings. The number of hydrogen-bond acceptors (Lipinski definition) is 4. The predicted molar refractivity (Wildman–Crippen MR) is 100 cm³/mol. The van der Waals surface area contributed by atoms with Gasteiger partial charge in [0.2, 0.25) is 5.88 Å². The van der Waals surface area contributed by atoms with E-state index in [-0.39, 0.29) is 0 Å². The molecule has 0 N–H and O–H groups in total. The zero-order valence-electron chi connectivity index (χ0n) is 13.2. The number of nitrogens with zero attached hydrogens (tertiary/aromatic N) is 3. The molecule has 5 heteroatoms. The van der Waals surface area contributed by atoms with Crippen LogP contribution in [0.2, 0.25) is 0 Å². The second-order valence-corrected chi connectivity index (χ2v) is 6.59. The van der Waals surface area contributed by atoms with Crippen molar-refractivity contribution in [3.8, 4) is 22.9 Å². The molecule has 0 unspecified atom stereocenters. The lowest BCUT2D eigenvalue weighted by Crippen LogP contribution is -1.91. The molecule has 0 spiro atoms. The van der Waals surface area contributed by atoms with Crippen molar-refractivity contribution < 1.29 is 4.74 Å². The maximum absolute atomic E-state index is 5.99. The van der Waals surface area contributed by atoms with Crippen molar-refractivity contribution in [3.05, 3.63) is 78.6 Å². The molecule has 4 nitrogen and oxygen atoms in total. The van der Waals surface area contributed by atoms with Crippen LogP contribution in [-0.2, 0) is 0 Å². The summed E-state index contributed by atoms with van der Waals surface area (Å²) >= 11 is 1.69. The summed E-state index contributed by atoms with van der Waals surface area (Å²) in [7, 11) is 0. The van der Waals surface area contributed by atoms with Gasteiger partial charge in [-0.25, -0.2) is 9.97 Å². The Bertz CT molecular complexity index is 1170. The second-order valence-electron chi connectivity index (χ2n) is 5.64. The van der Waals surface area contributed by atoms with Crippen molar-refractivity contribution in [1.82, 2.24) is 14.4 Å². The minimum absolute atomic E-state index is 0.642. The predicted octanol–water partition coefficient (Wildman–Crippen LogP) is 5.40. The third-order valence-electron chi connectivity index (χ3n) is 4.14. The smallest absolute Gasteiger partial charge is 0.227 e. The lowest BCUT2D eigenvalue weighted by atomic mass is 10.1. The maximum Gasteiger partial charge on any atom is 0.227 e. The van der Waals surface area contributed by atoms with Gasteiger partial charge in [-0.1, -0.05) is 6.07 Å². The van der Waals surface area contributed by atoms with Crippen LogP contribution in [0.4, 0.5) is 0 Å². The van der Waals surface area contributed by atoms with Crippen molar-refractivity contribution >= 4 is 27.1 Å². The summed E-state index contributed by atoms with van der Waals surface area (Å²) in [5.41, 5.74) is 3.14. The van der Waals surface area contributed by atoms with Crippen molar-refractivity contribution in [1.29, 1.82) is 0 Å². The number of thiophene rings is 1. The van der Waals surface area contributed by atoms with Gasteiger partial charge in [-0.3, -0.25) is 4.40 Å². The Morgan fingerprint density at radius 1 is 0.880 bits per heavy atom. The summed E-state index contributed by atoms with van der Waals surface area (Å²) in [6.45, 7) is 0. The van der Waals surface area contributed by atoms with Gasteiger partial charge in [-0.2, -0.15) is 0 Å². The molecule has 0 bridgehead atoms. The van der Waals surface area contributed by atoms with Crippen molar-refractivity contribution in [3.63, 3.8) is 0 Å². The second kappa shape index (κ2) is 5.72. The first-order chi connectivity index (χ1) is 12.4. The maximum atomic E-state index is 5.99. The molecule has 0 saturated carbocycles. The molecule has 5 rings (SSSR count). The van der Waals surface area contributed by atoms with E-state index >= 15 is 0 Å². The van der Waals surface area contributed by atoms with Crippen molar-refractivity contribution in [2.45, 2.75) is 0 Å². The van der Waals surface area contributed by atoms with Gasteiger partial charge in [-0.05, 0) is 59.5 Å². The number of pyridine rings is 2. The molecule has 0 amide bonds. The molecule has 0 radical (unpaired) electrons. The standard InChI is InChI=1S/C20H13N3OS/c1-2-17(23-12-11-21-19(23)3-1)14-4-6-15(7-5-14)24-20-16-9-13-25-18(16)8-10-22-20/h1-13H. The Balaban J connectivity index is 1.49. The van der Waals surface area contributed by atoms with Gasteiger partial charge in [0, 0.05) is 23.3 Å². The van der Waals surface area contributed by atoms with E-state index in [0.29, 0.717) is 5.88 Å². The van der Waals surface area contributed by atoms with Gasteiger partial charge in [0.25, 0.3) is 0 Å². The normalized spacial score (nSPS) is 11.2.